The average Bonchev–Trinajstić information content (AvgIpc) is 2.61. The minimum atomic E-state index is -0.431. The van der Waals surface area contributed by atoms with E-state index in [-0.39, 0.29) is 0 Å². The first-order chi connectivity index (χ1) is 8.13. The maximum atomic E-state index is 9.71. The van der Waals surface area contributed by atoms with Gasteiger partial charge in [-0.1, -0.05) is 24.7 Å². The molecule has 1 atom stereocenters. The summed E-state index contributed by atoms with van der Waals surface area (Å²) >= 11 is 3.05. The molecule has 6 heteroatoms. The van der Waals surface area contributed by atoms with Crippen LogP contribution in [0, 0.1) is 6.92 Å². The molecule has 4 nitrogen and oxygen atoms in total. The first-order valence-electron chi connectivity index (χ1n) is 5.75. The van der Waals surface area contributed by atoms with Crippen LogP contribution in [0.15, 0.2) is 4.21 Å². The summed E-state index contributed by atoms with van der Waals surface area (Å²) in [5, 5.41) is 10.3. The van der Waals surface area contributed by atoms with E-state index in [1.165, 1.54) is 11.3 Å². The monoisotopic (exact) mass is 276 g/mol. The Hall–Kier alpha value is -0.300. The highest BCUT2D eigenvalue weighted by molar-refractivity contribution is 8.01. The van der Waals surface area contributed by atoms with Crippen molar-refractivity contribution in [1.29, 1.82) is 0 Å². The molecule has 0 aliphatic rings. The molecule has 3 N–H and O–H groups in total. The summed E-state index contributed by atoms with van der Waals surface area (Å²) in [4.78, 5) is 4.14. The van der Waals surface area contributed by atoms with E-state index in [4.69, 9.17) is 10.5 Å². The largest absolute Gasteiger partial charge is 0.390 e. The predicted molar refractivity (Wildman–Crippen MR) is 73.7 cm³/mol. The van der Waals surface area contributed by atoms with Crippen molar-refractivity contribution in [2.45, 2.75) is 37.0 Å². The number of aryl methyl sites for hydroxylation is 1. The van der Waals surface area contributed by atoms with Gasteiger partial charge in [-0.25, -0.2) is 4.98 Å². The van der Waals surface area contributed by atoms with Gasteiger partial charge in [0.2, 0.25) is 0 Å². The molecule has 1 aromatic rings. The van der Waals surface area contributed by atoms with Crippen LogP contribution in [0.5, 0.6) is 0 Å². The second-order valence-corrected chi connectivity index (χ2v) is 6.14. The average molecular weight is 276 g/mol. The number of unbranched alkanes of at least 4 members (excludes halogenated alkanes) is 1. The number of hydrogen-bond donors (Lipinski definition) is 2. The Bertz CT molecular complexity index is 331. The van der Waals surface area contributed by atoms with Gasteiger partial charge >= 0.3 is 0 Å². The number of aliphatic hydroxyl groups excluding tert-OH is 1. The van der Waals surface area contributed by atoms with E-state index < -0.39 is 6.10 Å². The summed E-state index contributed by atoms with van der Waals surface area (Å²) < 4.78 is 6.44. The Kier molecular flexibility index (Phi) is 6.87. The number of thiazole rings is 1. The molecule has 0 fully saturated rings. The van der Waals surface area contributed by atoms with Gasteiger partial charge in [-0.2, -0.15) is 0 Å². The lowest BCUT2D eigenvalue weighted by Gasteiger charge is -2.10. The van der Waals surface area contributed by atoms with E-state index in [1.807, 2.05) is 6.92 Å². The third-order valence-corrected chi connectivity index (χ3v) is 4.62. The number of aliphatic hydroxyl groups is 1. The molecule has 0 spiro atoms. The molecule has 0 amide bonds. The van der Waals surface area contributed by atoms with E-state index in [2.05, 4.69) is 11.9 Å². The number of hydrogen-bond acceptors (Lipinski definition) is 6. The van der Waals surface area contributed by atoms with Gasteiger partial charge in [-0.3, -0.25) is 0 Å². The van der Waals surface area contributed by atoms with Gasteiger partial charge in [0.05, 0.1) is 22.6 Å². The van der Waals surface area contributed by atoms with Gasteiger partial charge in [0.15, 0.2) is 5.13 Å². The van der Waals surface area contributed by atoms with Crippen molar-refractivity contribution < 1.29 is 9.84 Å². The maximum Gasteiger partial charge on any atom is 0.181 e. The quantitative estimate of drug-likeness (QED) is 0.563. The second kappa shape index (κ2) is 7.92. The highest BCUT2D eigenvalue weighted by Gasteiger charge is 2.10. The molecule has 17 heavy (non-hydrogen) atoms. The van der Waals surface area contributed by atoms with Crippen molar-refractivity contribution in [3.8, 4) is 0 Å². The highest BCUT2D eigenvalue weighted by Crippen LogP contribution is 2.30. The number of thioether (sulfide) groups is 1. The standard InChI is InChI=1S/C11H20N2O2S2/c1-3-4-5-15-6-9(14)7-16-10-8(2)13-11(12)17-10/h9,14H,3-7H2,1-2H3,(H2,12,13). The number of nitrogens with zero attached hydrogens (tertiary/aromatic N) is 1. The van der Waals surface area contributed by atoms with E-state index in [9.17, 15) is 5.11 Å². The summed E-state index contributed by atoms with van der Waals surface area (Å²) in [6.45, 7) is 5.18. The van der Waals surface area contributed by atoms with Crippen molar-refractivity contribution in [2.75, 3.05) is 24.7 Å². The Balaban J connectivity index is 2.19. The maximum absolute atomic E-state index is 9.71. The van der Waals surface area contributed by atoms with E-state index in [0.717, 1.165) is 29.4 Å². The van der Waals surface area contributed by atoms with Crippen LogP contribution in [0.25, 0.3) is 0 Å². The third kappa shape index (κ3) is 5.72. The number of nitrogens with two attached hydrogens (primary N) is 1. The van der Waals surface area contributed by atoms with Crippen molar-refractivity contribution in [3.05, 3.63) is 5.69 Å². The van der Waals surface area contributed by atoms with Crippen molar-refractivity contribution in [2.24, 2.45) is 0 Å². The van der Waals surface area contributed by atoms with Crippen LogP contribution < -0.4 is 5.73 Å². The van der Waals surface area contributed by atoms with Crippen LogP contribution in [0.3, 0.4) is 0 Å². The molecular weight excluding hydrogens is 256 g/mol. The van der Waals surface area contributed by atoms with Crippen LogP contribution in [-0.4, -0.2) is 35.2 Å². The summed E-state index contributed by atoms with van der Waals surface area (Å²) in [7, 11) is 0. The molecule has 0 bridgehead atoms. The van der Waals surface area contributed by atoms with E-state index >= 15 is 0 Å². The lowest BCUT2D eigenvalue weighted by Crippen LogP contribution is -2.18. The first-order valence-corrected chi connectivity index (χ1v) is 7.55. The van der Waals surface area contributed by atoms with Gasteiger partial charge in [0.25, 0.3) is 0 Å². The van der Waals surface area contributed by atoms with Crippen LogP contribution >= 0.6 is 23.1 Å². The normalized spacial score (nSPS) is 12.9. The van der Waals surface area contributed by atoms with Gasteiger partial charge in [0, 0.05) is 12.4 Å². The van der Waals surface area contributed by atoms with Gasteiger partial charge < -0.3 is 15.6 Å². The van der Waals surface area contributed by atoms with Gasteiger partial charge in [-0.05, 0) is 13.3 Å². The van der Waals surface area contributed by atoms with E-state index in [1.54, 1.807) is 11.8 Å². The Morgan fingerprint density at radius 2 is 2.35 bits per heavy atom. The van der Waals surface area contributed by atoms with Crippen LogP contribution in [0.1, 0.15) is 25.5 Å². The SMILES string of the molecule is CCCCOCC(O)CSc1sc(N)nc1C. The minimum absolute atomic E-state index is 0.403. The van der Waals surface area contributed by atoms with E-state index in [0.29, 0.717) is 17.5 Å². The predicted octanol–water partition coefficient (Wildman–Crippen LogP) is 2.30. The first kappa shape index (κ1) is 14.8. The minimum Gasteiger partial charge on any atom is -0.390 e. The molecule has 98 valence electrons. The molecule has 0 saturated carbocycles. The number of rotatable bonds is 8. The molecule has 0 radical (unpaired) electrons. The number of aromatic nitrogens is 1. The number of nitrogen functional groups attached to an aromatic ring is 1. The van der Waals surface area contributed by atoms with Crippen LogP contribution in [0.2, 0.25) is 0 Å². The Labute approximate surface area is 111 Å². The Morgan fingerprint density at radius 1 is 1.59 bits per heavy atom. The topological polar surface area (TPSA) is 68.4 Å². The molecule has 0 saturated heterocycles. The fourth-order valence-electron chi connectivity index (χ4n) is 1.22. The van der Waals surface area contributed by atoms with Crippen molar-refractivity contribution in [3.63, 3.8) is 0 Å². The fraction of sp³-hybridized carbons (Fsp3) is 0.727. The lowest BCUT2D eigenvalue weighted by molar-refractivity contribution is 0.0473. The van der Waals surface area contributed by atoms with Crippen molar-refractivity contribution in [1.82, 2.24) is 4.98 Å². The molecule has 1 rings (SSSR count). The number of ether oxygens (including phenoxy) is 1. The molecule has 0 aliphatic heterocycles. The summed E-state index contributed by atoms with van der Waals surface area (Å²) in [6, 6.07) is 0. The zero-order chi connectivity index (χ0) is 12.7. The third-order valence-electron chi connectivity index (χ3n) is 2.13. The van der Waals surface area contributed by atoms with Gasteiger partial charge in [-0.15, -0.1) is 11.8 Å². The summed E-state index contributed by atoms with van der Waals surface area (Å²) in [5.74, 6) is 0.620. The highest BCUT2D eigenvalue weighted by atomic mass is 32.2. The van der Waals surface area contributed by atoms with Crippen LogP contribution in [0.4, 0.5) is 5.13 Å². The van der Waals surface area contributed by atoms with Crippen molar-refractivity contribution >= 4 is 28.2 Å². The molecular formula is C11H20N2O2S2. The fourth-order valence-corrected chi connectivity index (χ4v) is 3.18. The molecule has 0 aromatic carbocycles. The molecule has 1 unspecified atom stereocenters. The number of anilines is 1. The summed E-state index contributed by atoms with van der Waals surface area (Å²) in [6.07, 6.45) is 1.73. The summed E-state index contributed by atoms with van der Waals surface area (Å²) in [5.41, 5.74) is 6.55. The Morgan fingerprint density at radius 3 is 2.94 bits per heavy atom. The molecule has 1 aromatic heterocycles. The zero-order valence-corrected chi connectivity index (χ0v) is 11.9. The van der Waals surface area contributed by atoms with Crippen LogP contribution in [-0.2, 0) is 4.74 Å². The molecule has 1 heterocycles. The lowest BCUT2D eigenvalue weighted by atomic mass is 10.3. The second-order valence-electron chi connectivity index (χ2n) is 3.82. The van der Waals surface area contributed by atoms with Gasteiger partial charge in [0.1, 0.15) is 0 Å². The smallest absolute Gasteiger partial charge is 0.181 e. The zero-order valence-electron chi connectivity index (χ0n) is 10.3. The molecule has 0 aliphatic carbocycles.